The van der Waals surface area contributed by atoms with Gasteiger partial charge in [0.15, 0.2) is 0 Å². The molecule has 0 aliphatic heterocycles. The molecule has 0 heterocycles. The number of benzene rings is 2. The second-order valence-electron chi connectivity index (χ2n) is 7.72. The largest absolute Gasteiger partial charge is 0.368 e. The van der Waals surface area contributed by atoms with Gasteiger partial charge in [-0.25, -0.2) is 0 Å². The van der Waals surface area contributed by atoms with E-state index in [1.165, 1.54) is 21.5 Å². The molecule has 0 radical (unpaired) electrons. The lowest BCUT2D eigenvalue weighted by atomic mass is 10.2. The summed E-state index contributed by atoms with van der Waals surface area (Å²) in [6.45, 7) is 8.76. The molecular weight excluding hydrogens is 354 g/mol. The number of hydrogen-bond acceptors (Lipinski definition) is 1. The molecule has 0 saturated heterocycles. The van der Waals surface area contributed by atoms with Gasteiger partial charge in [0.05, 0.1) is 8.15 Å². The topological polar surface area (TPSA) is 20.2 Å². The minimum Gasteiger partial charge on any atom is -0.368 e. The third-order valence-electron chi connectivity index (χ3n) is 4.77. The van der Waals surface area contributed by atoms with Gasteiger partial charge in [0, 0.05) is 16.1 Å². The molecule has 0 aromatic heterocycles. The molecule has 1 unspecified atom stereocenters. The van der Waals surface area contributed by atoms with E-state index < -0.39 is 16.1 Å². The fourth-order valence-corrected chi connectivity index (χ4v) is 7.75. The predicted octanol–water partition coefficient (Wildman–Crippen LogP) is 5.91. The number of rotatable bonds is 5. The Labute approximate surface area is 160 Å². The summed E-state index contributed by atoms with van der Waals surface area (Å²) in [5.74, 6) is 0. The fraction of sp³-hybridized carbons (Fsp3) is 0.304. The van der Waals surface area contributed by atoms with E-state index in [4.69, 9.17) is 0 Å². The third kappa shape index (κ3) is 4.17. The predicted molar refractivity (Wildman–Crippen MR) is 118 cm³/mol. The van der Waals surface area contributed by atoms with Crippen LogP contribution >= 0.6 is 16.1 Å². The lowest BCUT2D eigenvalue weighted by molar-refractivity contribution is 0.585. The summed E-state index contributed by atoms with van der Waals surface area (Å²) in [5, 5.41) is 3.90. The van der Waals surface area contributed by atoms with Gasteiger partial charge in [-0.1, -0.05) is 101 Å². The third-order valence-corrected chi connectivity index (χ3v) is 9.73. The van der Waals surface area contributed by atoms with Crippen molar-refractivity contribution in [3.8, 4) is 0 Å². The molecule has 3 rings (SSSR count). The van der Waals surface area contributed by atoms with Crippen LogP contribution in [0.3, 0.4) is 0 Å². The van der Waals surface area contributed by atoms with Gasteiger partial charge in [-0.05, 0) is 30.5 Å². The van der Waals surface area contributed by atoms with Crippen molar-refractivity contribution in [2.24, 2.45) is 0 Å². The van der Waals surface area contributed by atoms with Gasteiger partial charge in [-0.15, -0.1) is 0 Å². The van der Waals surface area contributed by atoms with Crippen LogP contribution in [0.15, 0.2) is 83.7 Å². The summed E-state index contributed by atoms with van der Waals surface area (Å²) >= 11 is 0. The van der Waals surface area contributed by atoms with Gasteiger partial charge in [0.25, 0.3) is 0 Å². The average molecular weight is 382 g/mol. The smallest absolute Gasteiger partial charge is 0.0618 e. The molecule has 136 valence electrons. The second-order valence-corrected chi connectivity index (χ2v) is 12.7. The summed E-state index contributed by atoms with van der Waals surface area (Å²) < 4.78 is 0. The Bertz CT molecular complexity index is 748. The van der Waals surface area contributed by atoms with Crippen molar-refractivity contribution >= 4 is 26.7 Å². The van der Waals surface area contributed by atoms with Crippen molar-refractivity contribution in [2.45, 2.75) is 44.9 Å². The Balaban J connectivity index is 2.05. The first-order valence-electron chi connectivity index (χ1n) is 9.17. The summed E-state index contributed by atoms with van der Waals surface area (Å²) in [6, 6.07) is 21.7. The molecule has 0 bridgehead atoms. The van der Waals surface area contributed by atoms with Gasteiger partial charge in [0.2, 0.25) is 0 Å². The molecule has 3 heteroatoms. The average Bonchev–Trinajstić information content (AvgIpc) is 3.12. The number of hydrogen-bond donors (Lipinski definition) is 1. The molecule has 26 heavy (non-hydrogen) atoms. The van der Waals surface area contributed by atoms with Crippen LogP contribution < -0.4 is 10.6 Å². The van der Waals surface area contributed by atoms with Crippen LogP contribution in [0.2, 0.25) is 0 Å². The van der Waals surface area contributed by atoms with Gasteiger partial charge < -0.3 is 4.89 Å². The van der Waals surface area contributed by atoms with Crippen LogP contribution in [0.4, 0.5) is 0 Å². The zero-order valence-corrected chi connectivity index (χ0v) is 17.8. The maximum Gasteiger partial charge on any atom is 0.0618 e. The molecule has 0 fully saturated rings. The van der Waals surface area contributed by atoms with Crippen molar-refractivity contribution in [1.82, 2.24) is 0 Å². The van der Waals surface area contributed by atoms with Gasteiger partial charge >= 0.3 is 0 Å². The first-order chi connectivity index (χ1) is 12.4. The molecule has 1 N–H and O–H groups in total. The molecule has 2 aromatic carbocycles. The van der Waals surface area contributed by atoms with Crippen molar-refractivity contribution < 1.29 is 4.89 Å². The summed E-state index contributed by atoms with van der Waals surface area (Å²) in [5.41, 5.74) is 1.83. The molecule has 0 saturated carbocycles. The SMILES string of the molecule is C[C@H](C1=C(P(O)C(C)(C)C)C=CC1)P(c1ccccc1)c1ccccc1. The minimum absolute atomic E-state index is 0.0907. The highest BCUT2D eigenvalue weighted by atomic mass is 31.1. The maximum atomic E-state index is 11.0. The lowest BCUT2D eigenvalue weighted by Gasteiger charge is -2.31. The zero-order valence-electron chi connectivity index (χ0n) is 16.1. The Morgan fingerprint density at radius 1 is 0.885 bits per heavy atom. The molecule has 1 nitrogen and oxygen atoms in total. The Hall–Kier alpha value is -1.26. The van der Waals surface area contributed by atoms with E-state index in [-0.39, 0.29) is 5.16 Å². The van der Waals surface area contributed by atoms with Crippen molar-refractivity contribution in [3.05, 3.63) is 83.7 Å². The Morgan fingerprint density at radius 3 is 1.85 bits per heavy atom. The van der Waals surface area contributed by atoms with Crippen LogP contribution in [0.25, 0.3) is 0 Å². The van der Waals surface area contributed by atoms with E-state index >= 15 is 0 Å². The van der Waals surface area contributed by atoms with E-state index in [1.54, 1.807) is 0 Å². The van der Waals surface area contributed by atoms with Gasteiger partial charge in [-0.3, -0.25) is 0 Å². The summed E-state index contributed by atoms with van der Waals surface area (Å²) in [6.07, 6.45) is 5.36. The normalized spacial score (nSPS) is 17.0. The summed E-state index contributed by atoms with van der Waals surface area (Å²) in [4.78, 5) is 11.0. The van der Waals surface area contributed by atoms with Crippen molar-refractivity contribution in [1.29, 1.82) is 0 Å². The fourth-order valence-electron chi connectivity index (χ4n) is 3.39. The highest BCUT2D eigenvalue weighted by Crippen LogP contribution is 2.58. The van der Waals surface area contributed by atoms with Crippen molar-refractivity contribution in [2.75, 3.05) is 0 Å². The Kier molecular flexibility index (Phi) is 6.13. The van der Waals surface area contributed by atoms with E-state index in [9.17, 15) is 4.89 Å². The molecule has 1 aliphatic rings. The molecule has 1 aliphatic carbocycles. The van der Waals surface area contributed by atoms with Crippen molar-refractivity contribution in [3.63, 3.8) is 0 Å². The van der Waals surface area contributed by atoms with E-state index in [0.29, 0.717) is 5.66 Å². The maximum absolute atomic E-state index is 11.0. The molecule has 0 spiro atoms. The molecular formula is C23H28OP2. The van der Waals surface area contributed by atoms with E-state index in [2.05, 4.69) is 101 Å². The lowest BCUT2D eigenvalue weighted by Crippen LogP contribution is -2.22. The molecule has 2 aromatic rings. The van der Waals surface area contributed by atoms with Crippen LogP contribution in [0.5, 0.6) is 0 Å². The van der Waals surface area contributed by atoms with E-state index in [1.807, 2.05) is 0 Å². The first kappa shape index (κ1) is 19.5. The quantitative estimate of drug-likeness (QED) is 0.638. The molecule has 0 amide bonds. The van der Waals surface area contributed by atoms with Crippen LogP contribution in [0.1, 0.15) is 34.1 Å². The van der Waals surface area contributed by atoms with Crippen LogP contribution in [-0.2, 0) is 0 Å². The first-order valence-corrected chi connectivity index (χ1v) is 11.9. The highest BCUT2D eigenvalue weighted by Gasteiger charge is 2.32. The monoisotopic (exact) mass is 382 g/mol. The van der Waals surface area contributed by atoms with Gasteiger partial charge in [-0.2, -0.15) is 0 Å². The van der Waals surface area contributed by atoms with Crippen LogP contribution in [0, 0.1) is 0 Å². The highest BCUT2D eigenvalue weighted by molar-refractivity contribution is 7.73. The molecule has 2 atom stereocenters. The minimum atomic E-state index is -1.15. The second kappa shape index (κ2) is 8.18. The standard InChI is InChI=1S/C23H28OP2/c1-18(21-16-11-17-22(21)26(24)23(2,3)4)25(19-12-7-5-8-13-19)20-14-9-6-10-15-20/h5-15,17-18,24H,16H2,1-4H3/t18-,26?/m1/s1. The van der Waals surface area contributed by atoms with E-state index in [0.717, 1.165) is 6.42 Å². The Morgan fingerprint density at radius 2 is 1.38 bits per heavy atom. The van der Waals surface area contributed by atoms with Crippen LogP contribution in [-0.4, -0.2) is 15.7 Å². The summed E-state index contributed by atoms with van der Waals surface area (Å²) in [7, 11) is -1.66. The number of allylic oxidation sites excluding steroid dienone is 4. The van der Waals surface area contributed by atoms with Gasteiger partial charge in [0.1, 0.15) is 0 Å². The zero-order chi connectivity index (χ0) is 18.7.